The molecule has 96 valence electrons. The van der Waals surface area contributed by atoms with Crippen molar-refractivity contribution in [3.8, 4) is 5.75 Å². The second-order valence-electron chi connectivity index (χ2n) is 3.94. The third-order valence-corrected chi connectivity index (χ3v) is 3.29. The molecule has 0 saturated heterocycles. The van der Waals surface area contributed by atoms with E-state index in [1.807, 2.05) is 6.92 Å². The molecule has 0 bridgehead atoms. The van der Waals surface area contributed by atoms with Gasteiger partial charge in [0.15, 0.2) is 0 Å². The Morgan fingerprint density at radius 1 is 1.41 bits per heavy atom. The molecule has 1 N–H and O–H groups in total. The van der Waals surface area contributed by atoms with Gasteiger partial charge in [0, 0.05) is 6.26 Å². The maximum Gasteiger partial charge on any atom is 0.147 e. The number of hydrogen-bond acceptors (Lipinski definition) is 4. The summed E-state index contributed by atoms with van der Waals surface area (Å²) in [7, 11) is -3.04. The summed E-state index contributed by atoms with van der Waals surface area (Å²) in [4.78, 5) is 0. The predicted molar refractivity (Wildman–Crippen MR) is 66.9 cm³/mol. The third kappa shape index (κ3) is 5.19. The first-order chi connectivity index (χ1) is 7.92. The van der Waals surface area contributed by atoms with Gasteiger partial charge in [-0.2, -0.15) is 0 Å². The number of ether oxygens (including phenoxy) is 1. The topological polar surface area (TPSA) is 63.6 Å². The molecule has 0 amide bonds. The Balaban J connectivity index is 2.68. The summed E-state index contributed by atoms with van der Waals surface area (Å²) in [5.74, 6) is 0.663. The minimum Gasteiger partial charge on any atom is -0.494 e. The molecule has 4 nitrogen and oxygen atoms in total. The smallest absolute Gasteiger partial charge is 0.147 e. The Morgan fingerprint density at radius 2 is 2.12 bits per heavy atom. The average Bonchev–Trinajstić information content (AvgIpc) is 2.26. The number of rotatable bonds is 6. The highest BCUT2D eigenvalue weighted by molar-refractivity contribution is 7.90. The van der Waals surface area contributed by atoms with Gasteiger partial charge in [0.25, 0.3) is 0 Å². The van der Waals surface area contributed by atoms with E-state index in [0.717, 1.165) is 6.26 Å². The van der Waals surface area contributed by atoms with Crippen molar-refractivity contribution >= 4 is 9.84 Å². The van der Waals surface area contributed by atoms with Crippen molar-refractivity contribution in [3.05, 3.63) is 29.8 Å². The molecule has 1 rings (SSSR count). The minimum absolute atomic E-state index is 0.0208. The number of hydrogen-bond donors (Lipinski definition) is 1. The van der Waals surface area contributed by atoms with Crippen LogP contribution in [-0.4, -0.2) is 32.1 Å². The zero-order valence-corrected chi connectivity index (χ0v) is 10.9. The van der Waals surface area contributed by atoms with E-state index >= 15 is 0 Å². The van der Waals surface area contributed by atoms with Crippen LogP contribution in [0.4, 0.5) is 0 Å². The molecule has 0 aliphatic rings. The Labute approximate surface area is 102 Å². The molecule has 0 aliphatic heterocycles. The van der Waals surface area contributed by atoms with Gasteiger partial charge in [-0.25, -0.2) is 8.42 Å². The quantitative estimate of drug-likeness (QED) is 0.841. The number of aliphatic hydroxyl groups is 1. The summed E-state index contributed by atoms with van der Waals surface area (Å²) >= 11 is 0. The van der Waals surface area contributed by atoms with Gasteiger partial charge in [0.05, 0.1) is 18.5 Å². The summed E-state index contributed by atoms with van der Waals surface area (Å²) in [5.41, 5.74) is 0.680. The molecule has 0 aliphatic carbocycles. The van der Waals surface area contributed by atoms with Crippen LogP contribution in [0.15, 0.2) is 24.3 Å². The van der Waals surface area contributed by atoms with Crippen molar-refractivity contribution in [2.75, 3.05) is 18.6 Å². The lowest BCUT2D eigenvalue weighted by atomic mass is 10.1. The Hall–Kier alpha value is -1.07. The van der Waals surface area contributed by atoms with E-state index in [1.165, 1.54) is 0 Å². The highest BCUT2D eigenvalue weighted by Gasteiger charge is 2.12. The molecule has 0 aromatic heterocycles. The zero-order valence-electron chi connectivity index (χ0n) is 10.1. The summed E-state index contributed by atoms with van der Waals surface area (Å²) in [5, 5.41) is 9.86. The lowest BCUT2D eigenvalue weighted by Crippen LogP contribution is -2.08. The molecule has 0 radical (unpaired) electrons. The molecule has 1 aromatic rings. The predicted octanol–water partition coefficient (Wildman–Crippen LogP) is 1.55. The first kappa shape index (κ1) is 14.0. The first-order valence-electron chi connectivity index (χ1n) is 5.51. The number of sulfone groups is 1. The van der Waals surface area contributed by atoms with Gasteiger partial charge < -0.3 is 9.84 Å². The summed E-state index contributed by atoms with van der Waals surface area (Å²) in [6.45, 7) is 2.44. The van der Waals surface area contributed by atoms with Crippen LogP contribution in [0.2, 0.25) is 0 Å². The summed E-state index contributed by atoms with van der Waals surface area (Å²) < 4.78 is 27.3. The second kappa shape index (κ2) is 6.02. The second-order valence-corrected chi connectivity index (χ2v) is 6.20. The van der Waals surface area contributed by atoms with E-state index in [1.54, 1.807) is 24.3 Å². The van der Waals surface area contributed by atoms with Gasteiger partial charge in [-0.1, -0.05) is 12.1 Å². The molecule has 0 heterocycles. The van der Waals surface area contributed by atoms with Gasteiger partial charge in [0.1, 0.15) is 15.6 Å². The maximum absolute atomic E-state index is 11.0. The van der Waals surface area contributed by atoms with Crippen LogP contribution in [0.3, 0.4) is 0 Å². The third-order valence-electron chi connectivity index (χ3n) is 2.32. The fourth-order valence-electron chi connectivity index (χ4n) is 1.47. The molecular formula is C12H18O4S. The van der Waals surface area contributed by atoms with Gasteiger partial charge >= 0.3 is 0 Å². The normalized spacial score (nSPS) is 13.4. The van der Waals surface area contributed by atoms with Crippen molar-refractivity contribution in [2.24, 2.45) is 0 Å². The van der Waals surface area contributed by atoms with E-state index in [9.17, 15) is 13.5 Å². The van der Waals surface area contributed by atoms with Gasteiger partial charge in [-0.15, -0.1) is 0 Å². The lowest BCUT2D eigenvalue weighted by Gasteiger charge is -2.11. The van der Waals surface area contributed by atoms with E-state index in [2.05, 4.69) is 0 Å². The Kier molecular flexibility index (Phi) is 4.96. The monoisotopic (exact) mass is 258 g/mol. The highest BCUT2D eigenvalue weighted by atomic mass is 32.2. The van der Waals surface area contributed by atoms with Crippen LogP contribution in [0.5, 0.6) is 5.75 Å². The van der Waals surface area contributed by atoms with Crippen molar-refractivity contribution in [3.63, 3.8) is 0 Å². The molecule has 17 heavy (non-hydrogen) atoms. The number of aliphatic hydroxyl groups excluding tert-OH is 1. The maximum atomic E-state index is 11.0. The minimum atomic E-state index is -3.04. The zero-order chi connectivity index (χ0) is 12.9. The van der Waals surface area contributed by atoms with Gasteiger partial charge in [-0.3, -0.25) is 0 Å². The molecule has 1 aromatic carbocycles. The average molecular weight is 258 g/mol. The first-order valence-corrected chi connectivity index (χ1v) is 7.57. The molecule has 0 fully saturated rings. The lowest BCUT2D eigenvalue weighted by molar-refractivity contribution is 0.174. The molecular weight excluding hydrogens is 240 g/mol. The molecule has 1 unspecified atom stereocenters. The van der Waals surface area contributed by atoms with Crippen LogP contribution < -0.4 is 4.74 Å². The van der Waals surface area contributed by atoms with Crippen LogP contribution in [-0.2, 0) is 9.84 Å². The van der Waals surface area contributed by atoms with Crippen molar-refractivity contribution < 1.29 is 18.3 Å². The largest absolute Gasteiger partial charge is 0.494 e. The Bertz CT molecular complexity index is 453. The highest BCUT2D eigenvalue weighted by Crippen LogP contribution is 2.21. The molecule has 5 heteroatoms. The van der Waals surface area contributed by atoms with Crippen LogP contribution in [0.25, 0.3) is 0 Å². The van der Waals surface area contributed by atoms with Crippen molar-refractivity contribution in [1.82, 2.24) is 0 Å². The summed E-state index contributed by atoms with van der Waals surface area (Å²) in [6, 6.07) is 7.08. The fourth-order valence-corrected chi connectivity index (χ4v) is 2.12. The van der Waals surface area contributed by atoms with E-state index in [4.69, 9.17) is 4.74 Å². The summed E-state index contributed by atoms with van der Waals surface area (Å²) in [6.07, 6.45) is 0.593. The van der Waals surface area contributed by atoms with Crippen LogP contribution in [0, 0.1) is 0 Å². The number of benzene rings is 1. The standard InChI is InChI=1S/C12H18O4S/c1-3-16-11-6-4-5-10(9-11)12(13)7-8-17(2,14)15/h4-6,9,12-13H,3,7-8H2,1-2H3. The van der Waals surface area contributed by atoms with E-state index in [0.29, 0.717) is 17.9 Å². The molecule has 0 saturated carbocycles. The Morgan fingerprint density at radius 3 is 2.71 bits per heavy atom. The van der Waals surface area contributed by atoms with Crippen molar-refractivity contribution in [2.45, 2.75) is 19.4 Å². The fraction of sp³-hybridized carbons (Fsp3) is 0.500. The SMILES string of the molecule is CCOc1cccc(C(O)CCS(C)(=O)=O)c1. The van der Waals surface area contributed by atoms with Gasteiger partial charge in [0.2, 0.25) is 0 Å². The molecule has 0 spiro atoms. The van der Waals surface area contributed by atoms with Crippen LogP contribution >= 0.6 is 0 Å². The molecule has 1 atom stereocenters. The van der Waals surface area contributed by atoms with E-state index in [-0.39, 0.29) is 12.2 Å². The van der Waals surface area contributed by atoms with E-state index < -0.39 is 15.9 Å². The van der Waals surface area contributed by atoms with Crippen molar-refractivity contribution in [1.29, 1.82) is 0 Å². The van der Waals surface area contributed by atoms with Gasteiger partial charge in [-0.05, 0) is 31.0 Å². The van der Waals surface area contributed by atoms with Crippen LogP contribution in [0.1, 0.15) is 25.0 Å².